The smallest absolute Gasteiger partial charge is 0.312 e. The number of carboxylic acids is 1. The maximum absolute atomic E-state index is 11.1. The number of nitrogens with two attached hydrogens (primary N) is 1. The number of phenols is 1. The topological polar surface area (TPSA) is 102 Å². The van der Waals surface area contributed by atoms with Gasteiger partial charge in [-0.25, -0.2) is 0 Å². The van der Waals surface area contributed by atoms with Gasteiger partial charge < -0.3 is 25.4 Å². The third-order valence-electron chi connectivity index (χ3n) is 2.69. The van der Waals surface area contributed by atoms with Gasteiger partial charge in [-0.3, -0.25) is 4.79 Å². The standard InChI is InChI=1S/C11H12BrNO5/c12-8-9(14)5(6(4-13)11(15)16)3-7-10(8)18-2-1-17-7/h3,6,14H,1-2,4,13H2,(H,15,16). The average molecular weight is 318 g/mol. The van der Waals surface area contributed by atoms with Crippen LogP contribution in [0.4, 0.5) is 0 Å². The zero-order chi connectivity index (χ0) is 13.3. The van der Waals surface area contributed by atoms with Crippen LogP contribution in [0.1, 0.15) is 11.5 Å². The number of ether oxygens (including phenoxy) is 2. The molecular formula is C11H12BrNO5. The first-order valence-electron chi connectivity index (χ1n) is 5.30. The fraction of sp³-hybridized carbons (Fsp3) is 0.364. The molecular weight excluding hydrogens is 306 g/mol. The molecule has 6 nitrogen and oxygen atoms in total. The van der Waals surface area contributed by atoms with Crippen molar-refractivity contribution < 1.29 is 24.5 Å². The van der Waals surface area contributed by atoms with Crippen molar-refractivity contribution in [3.05, 3.63) is 16.1 Å². The summed E-state index contributed by atoms with van der Waals surface area (Å²) in [6, 6.07) is 1.46. The van der Waals surface area contributed by atoms with Crippen LogP contribution in [0.5, 0.6) is 17.2 Å². The maximum Gasteiger partial charge on any atom is 0.312 e. The van der Waals surface area contributed by atoms with E-state index in [0.717, 1.165) is 0 Å². The van der Waals surface area contributed by atoms with Crippen molar-refractivity contribution >= 4 is 21.9 Å². The molecule has 0 spiro atoms. The van der Waals surface area contributed by atoms with Gasteiger partial charge in [0.25, 0.3) is 0 Å². The third-order valence-corrected chi connectivity index (χ3v) is 3.42. The Morgan fingerprint density at radius 2 is 2.17 bits per heavy atom. The predicted molar refractivity (Wildman–Crippen MR) is 66.2 cm³/mol. The van der Waals surface area contributed by atoms with Crippen molar-refractivity contribution in [1.82, 2.24) is 0 Å². The Bertz CT molecular complexity index is 491. The normalized spacial score (nSPS) is 15.2. The summed E-state index contributed by atoms with van der Waals surface area (Å²) >= 11 is 3.17. The molecule has 0 fully saturated rings. The van der Waals surface area contributed by atoms with Crippen molar-refractivity contribution in [2.75, 3.05) is 19.8 Å². The van der Waals surface area contributed by atoms with E-state index in [2.05, 4.69) is 15.9 Å². The number of hydrogen-bond donors (Lipinski definition) is 3. The number of carbonyl (C=O) groups is 1. The molecule has 1 aliphatic rings. The Labute approximate surface area is 111 Å². The van der Waals surface area contributed by atoms with E-state index < -0.39 is 11.9 Å². The van der Waals surface area contributed by atoms with Gasteiger partial charge in [0.1, 0.15) is 23.4 Å². The number of rotatable bonds is 3. The van der Waals surface area contributed by atoms with Crippen LogP contribution in [-0.2, 0) is 4.79 Å². The molecule has 1 unspecified atom stereocenters. The first kappa shape index (κ1) is 13.0. The number of carboxylic acid groups (broad SMARTS) is 1. The number of fused-ring (bicyclic) bond motifs is 1. The summed E-state index contributed by atoms with van der Waals surface area (Å²) in [4.78, 5) is 11.1. The van der Waals surface area contributed by atoms with Gasteiger partial charge in [-0.05, 0) is 22.0 Å². The Morgan fingerprint density at radius 3 is 2.78 bits per heavy atom. The molecule has 0 aromatic heterocycles. The highest BCUT2D eigenvalue weighted by atomic mass is 79.9. The number of aliphatic carboxylic acids is 1. The van der Waals surface area contributed by atoms with Gasteiger partial charge in [0.2, 0.25) is 0 Å². The van der Waals surface area contributed by atoms with Crippen LogP contribution >= 0.6 is 15.9 Å². The number of hydrogen-bond acceptors (Lipinski definition) is 5. The molecule has 0 saturated carbocycles. The van der Waals surface area contributed by atoms with Gasteiger partial charge in [-0.15, -0.1) is 0 Å². The van der Waals surface area contributed by atoms with Crippen LogP contribution in [0, 0.1) is 0 Å². The molecule has 1 aromatic rings. The van der Waals surface area contributed by atoms with E-state index in [4.69, 9.17) is 20.3 Å². The summed E-state index contributed by atoms with van der Waals surface area (Å²) in [5.74, 6) is -1.49. The second-order valence-corrected chi connectivity index (χ2v) is 4.57. The molecule has 18 heavy (non-hydrogen) atoms. The maximum atomic E-state index is 11.1. The van der Waals surface area contributed by atoms with Gasteiger partial charge in [-0.2, -0.15) is 0 Å². The lowest BCUT2D eigenvalue weighted by Crippen LogP contribution is -2.22. The fourth-order valence-corrected chi connectivity index (χ4v) is 2.32. The highest BCUT2D eigenvalue weighted by molar-refractivity contribution is 9.10. The average Bonchev–Trinajstić information content (AvgIpc) is 2.36. The van der Waals surface area contributed by atoms with Gasteiger partial charge >= 0.3 is 5.97 Å². The minimum absolute atomic E-state index is 0.116. The Morgan fingerprint density at radius 1 is 1.50 bits per heavy atom. The van der Waals surface area contributed by atoms with Crippen molar-refractivity contribution in [1.29, 1.82) is 0 Å². The molecule has 98 valence electrons. The summed E-state index contributed by atoms with van der Waals surface area (Å²) in [7, 11) is 0. The van der Waals surface area contributed by atoms with E-state index in [1.807, 2.05) is 0 Å². The monoisotopic (exact) mass is 317 g/mol. The molecule has 0 radical (unpaired) electrons. The fourth-order valence-electron chi connectivity index (χ4n) is 1.78. The van der Waals surface area contributed by atoms with Gasteiger partial charge in [-0.1, -0.05) is 0 Å². The SMILES string of the molecule is NCC(C(=O)O)c1cc2c(c(Br)c1O)OCCO2. The quantitative estimate of drug-likeness (QED) is 0.770. The van der Waals surface area contributed by atoms with E-state index in [1.165, 1.54) is 6.07 Å². The van der Waals surface area contributed by atoms with E-state index in [1.54, 1.807) is 0 Å². The number of benzene rings is 1. The molecule has 2 rings (SSSR count). The van der Waals surface area contributed by atoms with Crippen molar-refractivity contribution in [3.8, 4) is 17.2 Å². The zero-order valence-electron chi connectivity index (χ0n) is 9.35. The lowest BCUT2D eigenvalue weighted by atomic mass is 9.97. The molecule has 1 atom stereocenters. The zero-order valence-corrected chi connectivity index (χ0v) is 10.9. The molecule has 7 heteroatoms. The van der Waals surface area contributed by atoms with Crippen LogP contribution in [0.3, 0.4) is 0 Å². The summed E-state index contributed by atoms with van der Waals surface area (Å²) < 4.78 is 11.0. The second kappa shape index (κ2) is 5.03. The van der Waals surface area contributed by atoms with Crippen molar-refractivity contribution in [2.24, 2.45) is 5.73 Å². The largest absolute Gasteiger partial charge is 0.506 e. The highest BCUT2D eigenvalue weighted by Crippen LogP contribution is 2.46. The predicted octanol–water partition coefficient (Wildman–Crippen LogP) is 1.05. The molecule has 1 aliphatic heterocycles. The lowest BCUT2D eigenvalue weighted by Gasteiger charge is -2.23. The first-order chi connectivity index (χ1) is 8.56. The van der Waals surface area contributed by atoms with Crippen LogP contribution in [0.25, 0.3) is 0 Å². The van der Waals surface area contributed by atoms with E-state index in [0.29, 0.717) is 24.7 Å². The summed E-state index contributed by atoms with van der Waals surface area (Å²) in [5.41, 5.74) is 5.63. The summed E-state index contributed by atoms with van der Waals surface area (Å²) in [5, 5.41) is 19.1. The minimum atomic E-state index is -1.10. The Hall–Kier alpha value is -1.47. The van der Waals surface area contributed by atoms with Crippen molar-refractivity contribution in [2.45, 2.75) is 5.92 Å². The third kappa shape index (κ3) is 2.11. The van der Waals surface area contributed by atoms with Crippen LogP contribution < -0.4 is 15.2 Å². The minimum Gasteiger partial charge on any atom is -0.506 e. The molecule has 0 bridgehead atoms. The van der Waals surface area contributed by atoms with Crippen LogP contribution in [0.15, 0.2) is 10.5 Å². The van der Waals surface area contributed by atoms with Crippen LogP contribution in [-0.4, -0.2) is 35.9 Å². The van der Waals surface area contributed by atoms with Crippen LogP contribution in [0.2, 0.25) is 0 Å². The Balaban J connectivity index is 2.55. The van der Waals surface area contributed by atoms with Crippen molar-refractivity contribution in [3.63, 3.8) is 0 Å². The van der Waals surface area contributed by atoms with E-state index in [9.17, 15) is 9.90 Å². The first-order valence-corrected chi connectivity index (χ1v) is 6.09. The molecule has 0 aliphatic carbocycles. The van der Waals surface area contributed by atoms with E-state index >= 15 is 0 Å². The molecule has 0 saturated heterocycles. The van der Waals surface area contributed by atoms with E-state index in [-0.39, 0.29) is 22.3 Å². The molecule has 4 N–H and O–H groups in total. The number of halogens is 1. The van der Waals surface area contributed by atoms with Gasteiger partial charge in [0, 0.05) is 12.1 Å². The van der Waals surface area contributed by atoms with Gasteiger partial charge in [0.15, 0.2) is 11.5 Å². The number of aromatic hydroxyl groups is 1. The second-order valence-electron chi connectivity index (χ2n) is 3.78. The lowest BCUT2D eigenvalue weighted by molar-refractivity contribution is -0.138. The molecule has 1 heterocycles. The molecule has 1 aromatic carbocycles. The summed E-state index contributed by atoms with van der Waals surface area (Å²) in [6.45, 7) is 0.641. The highest BCUT2D eigenvalue weighted by Gasteiger charge is 2.28. The van der Waals surface area contributed by atoms with Gasteiger partial charge in [0.05, 0.1) is 5.92 Å². The summed E-state index contributed by atoms with van der Waals surface area (Å²) in [6.07, 6.45) is 0. The Kier molecular flexibility index (Phi) is 3.63. The molecule has 0 amide bonds. The number of phenolic OH excluding ortho intramolecular Hbond substituents is 1.